The molecule has 6 unspecified atom stereocenters. The second kappa shape index (κ2) is 21.7. The molecule has 0 amide bonds. The van der Waals surface area contributed by atoms with Crippen LogP contribution in [-0.2, 0) is 23.1 Å². The van der Waals surface area contributed by atoms with Crippen molar-refractivity contribution < 1.29 is 58.7 Å². The highest BCUT2D eigenvalue weighted by Gasteiger charge is 2.51. The van der Waals surface area contributed by atoms with Crippen molar-refractivity contribution in [3.8, 4) is 0 Å². The van der Waals surface area contributed by atoms with Crippen molar-refractivity contribution in [1.29, 1.82) is 0 Å². The first kappa shape index (κ1) is 38.1. The van der Waals surface area contributed by atoms with Gasteiger partial charge in [0.05, 0.1) is 6.61 Å². The summed E-state index contributed by atoms with van der Waals surface area (Å²) < 4.78 is 26.3. The Hall–Kier alpha value is -0.920. The molecule has 0 spiro atoms. The summed E-state index contributed by atoms with van der Waals surface area (Å²) in [6.07, 6.45) is 7.74. The van der Waals surface area contributed by atoms with Crippen molar-refractivity contribution in [2.45, 2.75) is 146 Å². The molecule has 41 heavy (non-hydrogen) atoms. The first-order valence-corrected chi connectivity index (χ1v) is 16.5. The quantitative estimate of drug-likeness (QED) is 0.0385. The van der Waals surface area contributed by atoms with E-state index < -0.39 is 69.7 Å². The number of ether oxygens (including phenoxy) is 1. The summed E-state index contributed by atoms with van der Waals surface area (Å²) in [5, 5.41) is 58.6. The molecule has 0 aliphatic heterocycles. The summed E-state index contributed by atoms with van der Waals surface area (Å²) in [6, 6.07) is 0. The fourth-order valence-electron chi connectivity index (χ4n) is 4.51. The van der Waals surface area contributed by atoms with Gasteiger partial charge in [0, 0.05) is 6.42 Å². The molecule has 13 heteroatoms. The Kier molecular flexibility index (Phi) is 20.2. The van der Waals surface area contributed by atoms with Crippen LogP contribution in [0, 0.1) is 0 Å². The van der Waals surface area contributed by atoms with E-state index in [1.807, 2.05) is 0 Å². The van der Waals surface area contributed by atoms with Gasteiger partial charge in [-0.3, -0.25) is 13.8 Å². The van der Waals surface area contributed by atoms with E-state index in [9.17, 15) is 44.9 Å². The average molecular weight is 613 g/mol. The second-order valence-electron chi connectivity index (χ2n) is 10.8. The molecule has 8 atom stereocenters. The van der Waals surface area contributed by atoms with E-state index in [2.05, 4.69) is 28.1 Å². The van der Waals surface area contributed by atoms with Crippen LogP contribution in [0.25, 0.3) is 0 Å². The van der Waals surface area contributed by atoms with Gasteiger partial charge >= 0.3 is 13.8 Å². The van der Waals surface area contributed by atoms with Crippen molar-refractivity contribution >= 4 is 13.8 Å². The molecule has 1 saturated carbocycles. The van der Waals surface area contributed by atoms with Gasteiger partial charge in [-0.15, -0.1) is 0 Å². The summed E-state index contributed by atoms with van der Waals surface area (Å²) in [6.45, 7) is 0.973. The second-order valence-corrected chi connectivity index (χ2v) is 12.2. The number of aliphatic hydroxyl groups is 6. The van der Waals surface area contributed by atoms with Gasteiger partial charge in [-0.25, -0.2) is 4.57 Å². The van der Waals surface area contributed by atoms with Crippen LogP contribution >= 0.6 is 7.82 Å². The zero-order valence-corrected chi connectivity index (χ0v) is 25.2. The maximum absolute atomic E-state index is 12.1. The van der Waals surface area contributed by atoms with E-state index in [1.165, 1.54) is 44.9 Å². The molecular formula is C28H53O12P. The number of carbonyl (C=O) groups is 1. The Balaban J connectivity index is 2.07. The molecule has 0 radical (unpaired) electrons. The van der Waals surface area contributed by atoms with Crippen LogP contribution in [0.3, 0.4) is 0 Å². The van der Waals surface area contributed by atoms with Crippen molar-refractivity contribution in [2.24, 2.45) is 0 Å². The molecule has 0 aromatic carbocycles. The first-order valence-electron chi connectivity index (χ1n) is 15.0. The SMILES string of the molecule is CCCCCCCCC/C=C\CCCCCCCC(=O)OC[C@@H](O)COP(=O)(O)OC1C(O)C(O)C(O)[C@@H](O)C1O. The first-order chi connectivity index (χ1) is 19.5. The molecule has 242 valence electrons. The average Bonchev–Trinajstić information content (AvgIpc) is 2.95. The van der Waals surface area contributed by atoms with Gasteiger partial charge in [0.25, 0.3) is 0 Å². The highest BCUT2D eigenvalue weighted by Crippen LogP contribution is 2.47. The smallest absolute Gasteiger partial charge is 0.463 e. The largest absolute Gasteiger partial charge is 0.472 e. The number of phosphoric ester groups is 1. The van der Waals surface area contributed by atoms with Crippen molar-refractivity contribution in [3.05, 3.63) is 12.2 Å². The Morgan fingerprint density at radius 1 is 0.732 bits per heavy atom. The molecule has 12 nitrogen and oxygen atoms in total. The van der Waals surface area contributed by atoms with Gasteiger partial charge in [0.1, 0.15) is 49.3 Å². The number of hydrogen-bond donors (Lipinski definition) is 7. The van der Waals surface area contributed by atoms with Gasteiger partial charge in [0.15, 0.2) is 0 Å². The van der Waals surface area contributed by atoms with E-state index in [0.717, 1.165) is 38.5 Å². The number of unbranched alkanes of at least 4 members (excludes halogenated alkanes) is 12. The molecule has 1 fully saturated rings. The molecule has 1 rings (SSSR count). The molecule has 0 bridgehead atoms. The minimum Gasteiger partial charge on any atom is -0.463 e. The zero-order chi connectivity index (χ0) is 30.7. The van der Waals surface area contributed by atoms with Gasteiger partial charge in [-0.2, -0.15) is 0 Å². The van der Waals surface area contributed by atoms with Crippen molar-refractivity contribution in [3.63, 3.8) is 0 Å². The monoisotopic (exact) mass is 612 g/mol. The summed E-state index contributed by atoms with van der Waals surface area (Å²) in [5.41, 5.74) is 0. The van der Waals surface area contributed by atoms with Crippen LogP contribution in [0.15, 0.2) is 12.2 Å². The van der Waals surface area contributed by atoms with Crippen molar-refractivity contribution in [1.82, 2.24) is 0 Å². The maximum atomic E-state index is 12.1. The minimum absolute atomic E-state index is 0.182. The van der Waals surface area contributed by atoms with Crippen LogP contribution < -0.4 is 0 Å². The van der Waals surface area contributed by atoms with Crippen LogP contribution in [-0.4, -0.2) is 97.4 Å². The normalized spacial score (nSPS) is 27.1. The maximum Gasteiger partial charge on any atom is 0.472 e. The highest BCUT2D eigenvalue weighted by molar-refractivity contribution is 7.47. The number of allylic oxidation sites excluding steroid dienone is 2. The minimum atomic E-state index is -4.99. The lowest BCUT2D eigenvalue weighted by molar-refractivity contribution is -0.220. The molecule has 0 heterocycles. The third-order valence-electron chi connectivity index (χ3n) is 7.09. The van der Waals surface area contributed by atoms with Crippen molar-refractivity contribution in [2.75, 3.05) is 13.2 Å². The fraction of sp³-hybridized carbons (Fsp3) is 0.893. The Labute approximate surface area is 244 Å². The zero-order valence-electron chi connectivity index (χ0n) is 24.3. The number of carbonyl (C=O) groups excluding carboxylic acids is 1. The number of aliphatic hydroxyl groups excluding tert-OH is 6. The van der Waals surface area contributed by atoms with Gasteiger partial charge < -0.3 is 40.3 Å². The molecule has 0 aromatic rings. The molecule has 0 aromatic heterocycles. The molecule has 0 saturated heterocycles. The van der Waals surface area contributed by atoms with Crippen LogP contribution in [0.2, 0.25) is 0 Å². The highest BCUT2D eigenvalue weighted by atomic mass is 31.2. The number of hydrogen-bond acceptors (Lipinski definition) is 11. The van der Waals surface area contributed by atoms with Gasteiger partial charge in [-0.05, 0) is 32.1 Å². The lowest BCUT2D eigenvalue weighted by atomic mass is 9.85. The topological polar surface area (TPSA) is 203 Å². The third-order valence-corrected chi connectivity index (χ3v) is 8.07. The van der Waals surface area contributed by atoms with Crippen LogP contribution in [0.1, 0.15) is 103 Å². The Morgan fingerprint density at radius 2 is 1.20 bits per heavy atom. The van der Waals surface area contributed by atoms with Crippen LogP contribution in [0.4, 0.5) is 0 Å². The summed E-state index contributed by atoms with van der Waals surface area (Å²) in [4.78, 5) is 21.7. The Morgan fingerprint density at radius 3 is 1.73 bits per heavy atom. The lowest BCUT2D eigenvalue weighted by Gasteiger charge is -2.41. The predicted molar refractivity (Wildman–Crippen MR) is 152 cm³/mol. The fourth-order valence-corrected chi connectivity index (χ4v) is 5.49. The van der Waals surface area contributed by atoms with E-state index in [-0.39, 0.29) is 6.42 Å². The van der Waals surface area contributed by atoms with Gasteiger partial charge in [-0.1, -0.05) is 76.9 Å². The Bertz CT molecular complexity index is 750. The summed E-state index contributed by atoms with van der Waals surface area (Å²) in [7, 11) is -4.99. The number of phosphoric acid groups is 1. The molecule has 1 aliphatic rings. The number of esters is 1. The summed E-state index contributed by atoms with van der Waals surface area (Å²) in [5.74, 6) is -0.518. The van der Waals surface area contributed by atoms with E-state index >= 15 is 0 Å². The molecule has 1 aliphatic carbocycles. The standard InChI is InChI=1S/C28H53O12P/c1-2-3-4-5-6-7-8-9-10-11-12-13-14-15-16-17-18-22(30)38-19-21(29)20-39-41(36,37)40-28-26(34)24(32)23(31)25(33)27(28)35/h10-11,21,23-29,31-35H,2-9,12-20H2,1H3,(H,36,37)/b11-10-/t21-,23?,24-,25?,26?,27?,28?/m1/s1. The van der Waals surface area contributed by atoms with E-state index in [4.69, 9.17) is 4.74 Å². The van der Waals surface area contributed by atoms with Gasteiger partial charge in [0.2, 0.25) is 0 Å². The predicted octanol–water partition coefficient (Wildman–Crippen LogP) is 2.64. The molecular weight excluding hydrogens is 559 g/mol. The van der Waals surface area contributed by atoms with E-state index in [1.54, 1.807) is 0 Å². The van der Waals surface area contributed by atoms with Crippen LogP contribution in [0.5, 0.6) is 0 Å². The third kappa shape index (κ3) is 16.5. The number of rotatable bonds is 23. The lowest BCUT2D eigenvalue weighted by Crippen LogP contribution is -2.64. The summed E-state index contributed by atoms with van der Waals surface area (Å²) >= 11 is 0. The van der Waals surface area contributed by atoms with E-state index in [0.29, 0.717) is 6.42 Å². The molecule has 7 N–H and O–H groups in total.